The van der Waals surface area contributed by atoms with Crippen molar-refractivity contribution in [1.82, 2.24) is 4.90 Å². The maximum atomic E-state index is 13.1. The first-order valence-corrected chi connectivity index (χ1v) is 7.29. The number of carbonyl (C=O) groups excluding carboxylic acids is 1. The summed E-state index contributed by atoms with van der Waals surface area (Å²) in [5, 5.41) is 0.327. The van der Waals surface area contributed by atoms with Crippen LogP contribution in [-0.4, -0.2) is 44.3 Å². The highest BCUT2D eigenvalue weighted by Gasteiger charge is 2.28. The van der Waals surface area contributed by atoms with Crippen LogP contribution in [0.25, 0.3) is 0 Å². The maximum absolute atomic E-state index is 13.1. The summed E-state index contributed by atoms with van der Waals surface area (Å²) in [4.78, 5) is 14.2. The highest BCUT2D eigenvalue weighted by molar-refractivity contribution is 6.31. The van der Waals surface area contributed by atoms with Gasteiger partial charge in [-0.1, -0.05) is 17.7 Å². The highest BCUT2D eigenvalue weighted by Crippen LogP contribution is 2.22. The van der Waals surface area contributed by atoms with E-state index in [1.807, 2.05) is 0 Å². The minimum absolute atomic E-state index is 0.0324. The van der Waals surface area contributed by atoms with E-state index in [0.29, 0.717) is 37.9 Å². The molecule has 1 aliphatic rings. The molecule has 1 aliphatic heterocycles. The Hall–Kier alpha value is -1.17. The van der Waals surface area contributed by atoms with Crippen molar-refractivity contribution in [1.29, 1.82) is 0 Å². The van der Waals surface area contributed by atoms with Crippen molar-refractivity contribution >= 4 is 17.5 Å². The van der Waals surface area contributed by atoms with Gasteiger partial charge in [0.15, 0.2) is 0 Å². The third kappa shape index (κ3) is 4.40. The molecule has 6 heteroatoms. The van der Waals surface area contributed by atoms with E-state index in [1.54, 1.807) is 18.1 Å². The number of amides is 1. The molecule has 21 heavy (non-hydrogen) atoms. The van der Waals surface area contributed by atoms with Gasteiger partial charge in [0.1, 0.15) is 5.82 Å². The number of carbonyl (C=O) groups is 1. The number of rotatable bonds is 6. The van der Waals surface area contributed by atoms with Gasteiger partial charge in [-0.2, -0.15) is 0 Å². The topological polar surface area (TPSA) is 38.8 Å². The fraction of sp³-hybridized carbons (Fsp3) is 0.533. The van der Waals surface area contributed by atoms with Crippen LogP contribution < -0.4 is 0 Å². The molecule has 1 heterocycles. The Morgan fingerprint density at radius 1 is 1.57 bits per heavy atom. The van der Waals surface area contributed by atoms with Crippen LogP contribution in [-0.2, 0) is 20.8 Å². The Morgan fingerprint density at radius 2 is 2.38 bits per heavy atom. The first-order valence-electron chi connectivity index (χ1n) is 6.91. The van der Waals surface area contributed by atoms with E-state index in [4.69, 9.17) is 21.1 Å². The molecule has 0 aromatic heterocycles. The van der Waals surface area contributed by atoms with Gasteiger partial charge in [0.25, 0.3) is 0 Å². The second-order valence-corrected chi connectivity index (χ2v) is 5.46. The number of ether oxygens (including phenoxy) is 2. The highest BCUT2D eigenvalue weighted by atomic mass is 35.5. The lowest BCUT2D eigenvalue weighted by molar-refractivity contribution is -0.136. The van der Waals surface area contributed by atoms with Crippen LogP contribution in [0.3, 0.4) is 0 Å². The normalized spacial score (nSPS) is 18.0. The van der Waals surface area contributed by atoms with E-state index >= 15 is 0 Å². The lowest BCUT2D eigenvalue weighted by atomic mass is 10.1. The van der Waals surface area contributed by atoms with Crippen molar-refractivity contribution in [3.8, 4) is 0 Å². The van der Waals surface area contributed by atoms with Crippen molar-refractivity contribution < 1.29 is 18.7 Å². The fourth-order valence-electron chi connectivity index (χ4n) is 2.31. The molecule has 0 unspecified atom stereocenters. The van der Waals surface area contributed by atoms with Gasteiger partial charge in [-0.25, -0.2) is 4.39 Å². The number of benzene rings is 1. The van der Waals surface area contributed by atoms with Crippen molar-refractivity contribution in [2.24, 2.45) is 5.92 Å². The third-order valence-electron chi connectivity index (χ3n) is 3.53. The van der Waals surface area contributed by atoms with Crippen LogP contribution in [0, 0.1) is 11.7 Å². The smallest absolute Gasteiger partial charge is 0.228 e. The van der Waals surface area contributed by atoms with Gasteiger partial charge >= 0.3 is 0 Å². The second-order valence-electron chi connectivity index (χ2n) is 5.05. The first kappa shape index (κ1) is 16.2. The Labute approximate surface area is 128 Å². The molecule has 2 rings (SSSR count). The molecule has 1 aromatic rings. The quantitative estimate of drug-likeness (QED) is 0.809. The molecule has 0 aliphatic carbocycles. The predicted molar refractivity (Wildman–Crippen MR) is 77.6 cm³/mol. The molecule has 1 amide bonds. The minimum atomic E-state index is -0.386. The summed E-state index contributed by atoms with van der Waals surface area (Å²) in [7, 11) is 1.59. The van der Waals surface area contributed by atoms with Gasteiger partial charge in [-0.05, 0) is 24.1 Å². The number of halogens is 2. The molecule has 0 spiro atoms. The Kier molecular flexibility index (Phi) is 5.96. The SMILES string of the molecule is COCCN(Cc1ccc(F)cc1Cl)C(=O)[C@@H]1CCOC1. The largest absolute Gasteiger partial charge is 0.383 e. The Balaban J connectivity index is 2.09. The molecule has 0 N–H and O–H groups in total. The monoisotopic (exact) mass is 315 g/mol. The Morgan fingerprint density at radius 3 is 3.00 bits per heavy atom. The van der Waals surface area contributed by atoms with Gasteiger partial charge < -0.3 is 14.4 Å². The van der Waals surface area contributed by atoms with Gasteiger partial charge in [0, 0.05) is 31.8 Å². The van der Waals surface area contributed by atoms with Crippen molar-refractivity contribution in [3.63, 3.8) is 0 Å². The third-order valence-corrected chi connectivity index (χ3v) is 3.88. The van der Waals surface area contributed by atoms with Gasteiger partial charge in [0.2, 0.25) is 5.91 Å². The molecule has 1 saturated heterocycles. The molecular weight excluding hydrogens is 297 g/mol. The van der Waals surface area contributed by atoms with Crippen LogP contribution in [0.2, 0.25) is 5.02 Å². The number of methoxy groups -OCH3 is 1. The van der Waals surface area contributed by atoms with Crippen molar-refractivity contribution in [3.05, 3.63) is 34.6 Å². The van der Waals surface area contributed by atoms with Crippen molar-refractivity contribution in [2.75, 3.05) is 33.5 Å². The van der Waals surface area contributed by atoms with E-state index in [2.05, 4.69) is 0 Å². The lowest BCUT2D eigenvalue weighted by Gasteiger charge is -2.25. The summed E-state index contributed by atoms with van der Waals surface area (Å²) < 4.78 is 23.4. The van der Waals surface area contributed by atoms with Crippen LogP contribution in [0.5, 0.6) is 0 Å². The zero-order valence-corrected chi connectivity index (χ0v) is 12.7. The lowest BCUT2D eigenvalue weighted by Crippen LogP contribution is -2.38. The maximum Gasteiger partial charge on any atom is 0.228 e. The molecule has 0 bridgehead atoms. The van der Waals surface area contributed by atoms with E-state index in [-0.39, 0.29) is 17.6 Å². The number of hydrogen-bond donors (Lipinski definition) is 0. The van der Waals surface area contributed by atoms with Crippen molar-refractivity contribution in [2.45, 2.75) is 13.0 Å². The van der Waals surface area contributed by atoms with Crippen LogP contribution in [0.4, 0.5) is 4.39 Å². The Bertz CT molecular complexity index is 492. The second kappa shape index (κ2) is 7.73. The van der Waals surface area contributed by atoms with E-state index < -0.39 is 0 Å². The van der Waals surface area contributed by atoms with E-state index in [1.165, 1.54) is 12.1 Å². The summed E-state index contributed by atoms with van der Waals surface area (Å²) in [6, 6.07) is 4.21. The predicted octanol–water partition coefficient (Wildman–Crippen LogP) is 2.49. The molecule has 116 valence electrons. The minimum Gasteiger partial charge on any atom is -0.383 e. The summed E-state index contributed by atoms with van der Waals surface area (Å²) >= 11 is 6.04. The summed E-state index contributed by atoms with van der Waals surface area (Å²) in [5.74, 6) is -0.464. The molecular formula is C15H19ClFNO3. The molecule has 1 fully saturated rings. The molecule has 0 radical (unpaired) electrons. The summed E-state index contributed by atoms with van der Waals surface area (Å²) in [5.41, 5.74) is 0.724. The molecule has 1 aromatic carbocycles. The van der Waals surface area contributed by atoms with E-state index in [0.717, 1.165) is 12.0 Å². The standard InChI is InChI=1S/C15H19ClFNO3/c1-20-7-5-18(15(19)12-4-6-21-10-12)9-11-2-3-13(17)8-14(11)16/h2-3,8,12H,4-7,9-10H2,1H3/t12-/m1/s1. The fourth-order valence-corrected chi connectivity index (χ4v) is 2.54. The zero-order chi connectivity index (χ0) is 15.2. The molecule has 0 saturated carbocycles. The number of hydrogen-bond acceptors (Lipinski definition) is 3. The van der Waals surface area contributed by atoms with Gasteiger partial charge in [0.05, 0.1) is 19.1 Å². The van der Waals surface area contributed by atoms with Crippen LogP contribution >= 0.6 is 11.6 Å². The van der Waals surface area contributed by atoms with Gasteiger partial charge in [-0.15, -0.1) is 0 Å². The van der Waals surface area contributed by atoms with Crippen LogP contribution in [0.15, 0.2) is 18.2 Å². The zero-order valence-electron chi connectivity index (χ0n) is 12.0. The molecule has 1 atom stereocenters. The van der Waals surface area contributed by atoms with Gasteiger partial charge in [-0.3, -0.25) is 4.79 Å². The average molecular weight is 316 g/mol. The summed E-state index contributed by atoms with van der Waals surface area (Å²) in [6.07, 6.45) is 0.736. The van der Waals surface area contributed by atoms with Crippen LogP contribution in [0.1, 0.15) is 12.0 Å². The summed E-state index contributed by atoms with van der Waals surface area (Å²) in [6.45, 7) is 2.33. The number of nitrogens with zero attached hydrogens (tertiary/aromatic N) is 1. The molecule has 4 nitrogen and oxygen atoms in total. The first-order chi connectivity index (χ1) is 10.1. The van der Waals surface area contributed by atoms with E-state index in [9.17, 15) is 9.18 Å². The average Bonchev–Trinajstić information content (AvgIpc) is 2.99.